The van der Waals surface area contributed by atoms with Gasteiger partial charge >= 0.3 is 0 Å². The molecule has 0 bridgehead atoms. The first-order valence-electron chi connectivity index (χ1n) is 10.0. The number of nitrogens with zero attached hydrogens (tertiary/aromatic N) is 3. The summed E-state index contributed by atoms with van der Waals surface area (Å²) in [5.41, 5.74) is 5.96. The van der Waals surface area contributed by atoms with Gasteiger partial charge in [0.2, 0.25) is 0 Å². The highest BCUT2D eigenvalue weighted by atomic mass is 16.5. The minimum absolute atomic E-state index is 0.526. The first-order chi connectivity index (χ1) is 14.2. The molecule has 0 aliphatic carbocycles. The van der Waals surface area contributed by atoms with Crippen molar-refractivity contribution in [3.63, 3.8) is 0 Å². The van der Waals surface area contributed by atoms with Crippen LogP contribution in [0.4, 0.5) is 0 Å². The smallest absolute Gasteiger partial charge is 0.119 e. The Morgan fingerprint density at radius 3 is 2.62 bits per heavy atom. The van der Waals surface area contributed by atoms with E-state index in [-0.39, 0.29) is 0 Å². The zero-order valence-electron chi connectivity index (χ0n) is 17.2. The third-order valence-corrected chi connectivity index (χ3v) is 4.94. The molecule has 29 heavy (non-hydrogen) atoms. The molecule has 0 aliphatic rings. The van der Waals surface area contributed by atoms with E-state index in [1.807, 2.05) is 18.2 Å². The molecular weight excluding hydrogens is 360 g/mol. The Hall–Kier alpha value is -3.10. The Labute approximate surface area is 172 Å². The van der Waals surface area contributed by atoms with Gasteiger partial charge in [0.15, 0.2) is 0 Å². The average Bonchev–Trinajstić information content (AvgIpc) is 3.00. The molecule has 3 aromatic rings. The van der Waals surface area contributed by atoms with Crippen LogP contribution in [0.1, 0.15) is 40.9 Å². The molecule has 0 radical (unpaired) electrons. The highest BCUT2D eigenvalue weighted by Gasteiger charge is 2.11. The number of nitriles is 1. The Balaban J connectivity index is 1.55. The van der Waals surface area contributed by atoms with Crippen LogP contribution in [0.15, 0.2) is 54.6 Å². The minimum Gasteiger partial charge on any atom is -0.494 e. The van der Waals surface area contributed by atoms with Crippen LogP contribution in [0.2, 0.25) is 0 Å². The predicted molar refractivity (Wildman–Crippen MR) is 115 cm³/mol. The average molecular weight is 389 g/mol. The first kappa shape index (κ1) is 20.6. The normalized spacial score (nSPS) is 10.7. The number of benzene rings is 2. The van der Waals surface area contributed by atoms with Crippen LogP contribution in [0, 0.1) is 25.2 Å². The largest absolute Gasteiger partial charge is 0.494 e. The molecule has 0 aliphatic heterocycles. The number of unbranched alkanes of at least 4 members (excludes halogenated alkanes) is 1. The Bertz CT molecular complexity index is 957. The monoisotopic (exact) mass is 388 g/mol. The van der Waals surface area contributed by atoms with E-state index in [4.69, 9.17) is 15.1 Å². The summed E-state index contributed by atoms with van der Waals surface area (Å²) >= 11 is 0. The van der Waals surface area contributed by atoms with Gasteiger partial charge in [-0.25, -0.2) is 0 Å². The quantitative estimate of drug-likeness (QED) is 0.519. The van der Waals surface area contributed by atoms with E-state index in [1.54, 1.807) is 0 Å². The third kappa shape index (κ3) is 5.94. The molecule has 0 spiro atoms. The fourth-order valence-electron chi connectivity index (χ4n) is 3.32. The molecule has 5 nitrogen and oxygen atoms in total. The molecule has 1 aromatic heterocycles. The van der Waals surface area contributed by atoms with Gasteiger partial charge in [0.05, 0.1) is 24.9 Å². The van der Waals surface area contributed by atoms with Crippen molar-refractivity contribution in [2.75, 3.05) is 6.61 Å². The summed E-state index contributed by atoms with van der Waals surface area (Å²) in [7, 11) is 0. The summed E-state index contributed by atoms with van der Waals surface area (Å²) in [6.07, 6.45) is 1.28. The Kier molecular flexibility index (Phi) is 7.43. The van der Waals surface area contributed by atoms with E-state index in [0.717, 1.165) is 37.5 Å². The second-order valence-electron chi connectivity index (χ2n) is 7.15. The van der Waals surface area contributed by atoms with Gasteiger partial charge in [-0.15, -0.1) is 0 Å². The number of ether oxygens (including phenoxy) is 1. The Morgan fingerprint density at radius 2 is 1.83 bits per heavy atom. The maximum absolute atomic E-state index is 8.59. The van der Waals surface area contributed by atoms with Gasteiger partial charge in [0.25, 0.3) is 0 Å². The van der Waals surface area contributed by atoms with Gasteiger partial charge in [-0.05, 0) is 43.5 Å². The second-order valence-corrected chi connectivity index (χ2v) is 7.15. The second kappa shape index (κ2) is 10.4. The summed E-state index contributed by atoms with van der Waals surface area (Å²) in [6.45, 7) is 7.11. The van der Waals surface area contributed by atoms with E-state index in [2.05, 4.69) is 66.3 Å². The van der Waals surface area contributed by atoms with E-state index >= 15 is 0 Å². The first-order valence-corrected chi connectivity index (χ1v) is 10.0. The van der Waals surface area contributed by atoms with Crippen molar-refractivity contribution in [1.82, 2.24) is 15.1 Å². The summed E-state index contributed by atoms with van der Waals surface area (Å²) in [5, 5.41) is 16.8. The van der Waals surface area contributed by atoms with Crippen LogP contribution in [0.25, 0.3) is 0 Å². The number of nitrogens with one attached hydrogen (secondary N) is 1. The van der Waals surface area contributed by atoms with Gasteiger partial charge in [0, 0.05) is 30.8 Å². The van der Waals surface area contributed by atoms with Crippen LogP contribution in [0.5, 0.6) is 5.75 Å². The molecule has 1 N–H and O–H groups in total. The predicted octanol–water partition coefficient (Wildman–Crippen LogP) is 4.52. The van der Waals surface area contributed by atoms with E-state index in [9.17, 15) is 0 Å². The number of hydrogen-bond acceptors (Lipinski definition) is 4. The van der Waals surface area contributed by atoms with E-state index < -0.39 is 0 Å². The molecule has 0 saturated carbocycles. The lowest BCUT2D eigenvalue weighted by Crippen LogP contribution is -2.14. The van der Waals surface area contributed by atoms with Crippen LogP contribution < -0.4 is 10.1 Å². The molecule has 0 amide bonds. The fraction of sp³-hybridized carbons (Fsp3) is 0.333. The van der Waals surface area contributed by atoms with Crippen molar-refractivity contribution in [2.24, 2.45) is 0 Å². The zero-order valence-corrected chi connectivity index (χ0v) is 17.2. The molecule has 3 rings (SSSR count). The molecule has 1 heterocycles. The summed E-state index contributed by atoms with van der Waals surface area (Å²) in [5.74, 6) is 0.852. The van der Waals surface area contributed by atoms with Gasteiger partial charge < -0.3 is 10.1 Å². The summed E-state index contributed by atoms with van der Waals surface area (Å²) in [4.78, 5) is 0. The molecule has 2 aromatic carbocycles. The van der Waals surface area contributed by atoms with Crippen molar-refractivity contribution in [3.05, 3.63) is 82.7 Å². The standard InChI is InChI=1S/C24H28N4O/c1-19-24(20(2)28(27-19)18-21-9-4-3-5-10-21)17-26-16-22-11-8-12-23(15-22)29-14-7-6-13-25/h3-5,8-12,15,26H,6-7,14,16-18H2,1-2H3. The third-order valence-electron chi connectivity index (χ3n) is 4.94. The van der Waals surface area contributed by atoms with Gasteiger partial charge in [-0.3, -0.25) is 4.68 Å². The van der Waals surface area contributed by atoms with E-state index in [0.29, 0.717) is 13.0 Å². The molecule has 0 fully saturated rings. The molecule has 0 atom stereocenters. The van der Waals surface area contributed by atoms with Crippen LogP contribution >= 0.6 is 0 Å². The molecule has 0 saturated heterocycles. The lowest BCUT2D eigenvalue weighted by molar-refractivity contribution is 0.312. The number of rotatable bonds is 10. The lowest BCUT2D eigenvalue weighted by Gasteiger charge is -2.09. The molecule has 5 heteroatoms. The lowest BCUT2D eigenvalue weighted by atomic mass is 10.1. The zero-order chi connectivity index (χ0) is 20.5. The van der Waals surface area contributed by atoms with Gasteiger partial charge in [0.1, 0.15) is 5.75 Å². The fourth-order valence-corrected chi connectivity index (χ4v) is 3.32. The van der Waals surface area contributed by atoms with Gasteiger partial charge in [-0.2, -0.15) is 10.4 Å². The number of aromatic nitrogens is 2. The number of hydrogen-bond donors (Lipinski definition) is 1. The van der Waals surface area contributed by atoms with Gasteiger partial charge in [-0.1, -0.05) is 42.5 Å². The Morgan fingerprint density at radius 1 is 1.03 bits per heavy atom. The van der Waals surface area contributed by atoms with Crippen LogP contribution in [-0.2, 0) is 19.6 Å². The highest BCUT2D eigenvalue weighted by Crippen LogP contribution is 2.16. The van der Waals surface area contributed by atoms with Crippen molar-refractivity contribution in [2.45, 2.75) is 46.3 Å². The maximum Gasteiger partial charge on any atom is 0.119 e. The summed E-state index contributed by atoms with van der Waals surface area (Å²) in [6, 6.07) is 20.7. The van der Waals surface area contributed by atoms with Crippen molar-refractivity contribution in [1.29, 1.82) is 5.26 Å². The molecule has 150 valence electrons. The van der Waals surface area contributed by atoms with Crippen LogP contribution in [-0.4, -0.2) is 16.4 Å². The van der Waals surface area contributed by atoms with Crippen molar-refractivity contribution >= 4 is 0 Å². The van der Waals surface area contributed by atoms with E-state index in [1.165, 1.54) is 22.4 Å². The topological polar surface area (TPSA) is 62.9 Å². The molecular formula is C24H28N4O. The maximum atomic E-state index is 8.59. The van der Waals surface area contributed by atoms with Crippen molar-refractivity contribution < 1.29 is 4.74 Å². The minimum atomic E-state index is 0.526. The number of aryl methyl sites for hydroxylation is 1. The highest BCUT2D eigenvalue weighted by molar-refractivity contribution is 5.29. The summed E-state index contributed by atoms with van der Waals surface area (Å²) < 4.78 is 7.80. The van der Waals surface area contributed by atoms with Crippen LogP contribution in [0.3, 0.4) is 0 Å². The van der Waals surface area contributed by atoms with Crippen molar-refractivity contribution in [3.8, 4) is 11.8 Å². The molecule has 0 unspecified atom stereocenters. The SMILES string of the molecule is Cc1nn(Cc2ccccc2)c(C)c1CNCc1cccc(OCCCC#N)c1.